The van der Waals surface area contributed by atoms with Gasteiger partial charge in [-0.15, -0.1) is 0 Å². The van der Waals surface area contributed by atoms with Gasteiger partial charge in [-0.1, -0.05) is 12.1 Å². The molecule has 1 fully saturated rings. The summed E-state index contributed by atoms with van der Waals surface area (Å²) in [7, 11) is 0. The number of rotatable bonds is 5. The lowest BCUT2D eigenvalue weighted by Crippen LogP contribution is -2.43. The molecule has 3 N–H and O–H groups in total. The zero-order valence-electron chi connectivity index (χ0n) is 13.9. The van der Waals surface area contributed by atoms with Gasteiger partial charge in [-0.25, -0.2) is 4.79 Å². The fourth-order valence-electron chi connectivity index (χ4n) is 3.57. The largest absolute Gasteiger partial charge is 0.478 e. The summed E-state index contributed by atoms with van der Waals surface area (Å²) in [5, 5.41) is 13.9. The molecule has 5 heteroatoms. The van der Waals surface area contributed by atoms with Crippen molar-refractivity contribution in [1.29, 1.82) is 0 Å². The highest BCUT2D eigenvalue weighted by Crippen LogP contribution is 2.28. The molecule has 0 spiro atoms. The minimum Gasteiger partial charge on any atom is -0.478 e. The second-order valence-corrected chi connectivity index (χ2v) is 6.41. The van der Waals surface area contributed by atoms with Crippen molar-refractivity contribution in [3.63, 3.8) is 0 Å². The first kappa shape index (κ1) is 16.0. The molecule has 0 aliphatic carbocycles. The van der Waals surface area contributed by atoms with Crippen LogP contribution in [0.25, 0.3) is 10.9 Å². The molecule has 2 heterocycles. The van der Waals surface area contributed by atoms with Crippen LogP contribution in [0, 0.1) is 13.8 Å². The number of piperazine rings is 1. The van der Waals surface area contributed by atoms with Gasteiger partial charge in [0.05, 0.1) is 11.1 Å². The number of nitrogens with one attached hydrogen (secondary N) is 2. The first-order valence-electron chi connectivity index (χ1n) is 8.35. The predicted molar refractivity (Wildman–Crippen MR) is 92.4 cm³/mol. The molecule has 1 aromatic carbocycles. The summed E-state index contributed by atoms with van der Waals surface area (Å²) in [5.74, 6) is -0.860. The van der Waals surface area contributed by atoms with Crippen LogP contribution in [-0.4, -0.2) is 53.7 Å². The number of nitrogens with zero attached hydrogens (tertiary/aromatic N) is 1. The molecule has 1 aliphatic rings. The van der Waals surface area contributed by atoms with Gasteiger partial charge in [-0.05, 0) is 44.4 Å². The third-order valence-corrected chi connectivity index (χ3v) is 4.83. The lowest BCUT2D eigenvalue weighted by molar-refractivity contribution is 0.0698. The van der Waals surface area contributed by atoms with E-state index in [0.717, 1.165) is 67.7 Å². The van der Waals surface area contributed by atoms with E-state index in [2.05, 4.69) is 21.3 Å². The molecule has 0 saturated carbocycles. The molecular formula is C18H25N3O2. The highest BCUT2D eigenvalue weighted by Gasteiger charge is 2.17. The van der Waals surface area contributed by atoms with Gasteiger partial charge in [0.1, 0.15) is 0 Å². The van der Waals surface area contributed by atoms with Gasteiger partial charge < -0.3 is 20.3 Å². The monoisotopic (exact) mass is 315 g/mol. The van der Waals surface area contributed by atoms with Crippen LogP contribution >= 0.6 is 0 Å². The van der Waals surface area contributed by atoms with Crippen LogP contribution in [0.4, 0.5) is 0 Å². The lowest BCUT2D eigenvalue weighted by atomic mass is 10.0. The fourth-order valence-corrected chi connectivity index (χ4v) is 3.57. The highest BCUT2D eigenvalue weighted by atomic mass is 16.4. The van der Waals surface area contributed by atoms with Gasteiger partial charge in [-0.3, -0.25) is 0 Å². The van der Waals surface area contributed by atoms with Gasteiger partial charge in [0.2, 0.25) is 0 Å². The minimum absolute atomic E-state index is 0.402. The second-order valence-electron chi connectivity index (χ2n) is 6.41. The SMILES string of the molecule is Cc1ccc2c(CCCN3CCNCC3)c(C)[nH]c2c1C(=O)O. The number of aromatic amines is 1. The molecule has 1 aliphatic heterocycles. The molecule has 0 atom stereocenters. The Morgan fingerprint density at radius 1 is 1.26 bits per heavy atom. The maximum Gasteiger partial charge on any atom is 0.338 e. The molecule has 2 aromatic rings. The summed E-state index contributed by atoms with van der Waals surface area (Å²) in [5.41, 5.74) is 4.33. The Morgan fingerprint density at radius 2 is 2.00 bits per heavy atom. The second kappa shape index (κ2) is 6.72. The van der Waals surface area contributed by atoms with E-state index in [-0.39, 0.29) is 0 Å². The molecule has 0 unspecified atom stereocenters. The number of hydrogen-bond donors (Lipinski definition) is 3. The van der Waals surface area contributed by atoms with Gasteiger partial charge in [0.15, 0.2) is 0 Å². The number of aromatic nitrogens is 1. The topological polar surface area (TPSA) is 68.4 Å². The number of aryl methyl sites for hydroxylation is 3. The fraction of sp³-hybridized carbons (Fsp3) is 0.500. The molecule has 3 rings (SSSR count). The minimum atomic E-state index is -0.860. The summed E-state index contributed by atoms with van der Waals surface area (Å²) in [6.07, 6.45) is 2.09. The first-order valence-corrected chi connectivity index (χ1v) is 8.35. The van der Waals surface area contributed by atoms with Crippen LogP contribution in [0.15, 0.2) is 12.1 Å². The maximum absolute atomic E-state index is 11.5. The van der Waals surface area contributed by atoms with Crippen LogP contribution in [-0.2, 0) is 6.42 Å². The Labute approximate surface area is 136 Å². The zero-order chi connectivity index (χ0) is 16.4. The molecule has 1 saturated heterocycles. The van der Waals surface area contributed by atoms with E-state index >= 15 is 0 Å². The van der Waals surface area contributed by atoms with Crippen molar-refractivity contribution in [3.8, 4) is 0 Å². The Bertz CT molecular complexity index is 715. The molecule has 0 radical (unpaired) electrons. The molecule has 0 bridgehead atoms. The number of aromatic carboxylic acids is 1. The van der Waals surface area contributed by atoms with Crippen LogP contribution in [0.3, 0.4) is 0 Å². The normalized spacial score (nSPS) is 16.1. The first-order chi connectivity index (χ1) is 11.1. The summed E-state index contributed by atoms with van der Waals surface area (Å²) in [6.45, 7) is 9.39. The van der Waals surface area contributed by atoms with Crippen molar-refractivity contribution in [1.82, 2.24) is 15.2 Å². The average Bonchev–Trinajstić information content (AvgIpc) is 2.83. The quantitative estimate of drug-likeness (QED) is 0.792. The number of hydrogen-bond acceptors (Lipinski definition) is 3. The lowest BCUT2D eigenvalue weighted by Gasteiger charge is -2.27. The van der Waals surface area contributed by atoms with Gasteiger partial charge >= 0.3 is 5.97 Å². The van der Waals surface area contributed by atoms with Gasteiger partial charge in [0, 0.05) is 37.3 Å². The van der Waals surface area contributed by atoms with E-state index < -0.39 is 5.97 Å². The van der Waals surface area contributed by atoms with E-state index in [0.29, 0.717) is 5.56 Å². The van der Waals surface area contributed by atoms with Crippen molar-refractivity contribution in [2.75, 3.05) is 32.7 Å². The van der Waals surface area contributed by atoms with Crippen LogP contribution < -0.4 is 5.32 Å². The van der Waals surface area contributed by atoms with Crippen molar-refractivity contribution in [3.05, 3.63) is 34.5 Å². The summed E-state index contributed by atoms with van der Waals surface area (Å²) >= 11 is 0. The highest BCUT2D eigenvalue weighted by molar-refractivity contribution is 6.04. The molecule has 124 valence electrons. The van der Waals surface area contributed by atoms with E-state index in [4.69, 9.17) is 0 Å². The van der Waals surface area contributed by atoms with Crippen LogP contribution in [0.5, 0.6) is 0 Å². The smallest absolute Gasteiger partial charge is 0.338 e. The third kappa shape index (κ3) is 3.26. The molecular weight excluding hydrogens is 290 g/mol. The number of fused-ring (bicyclic) bond motifs is 1. The van der Waals surface area contributed by atoms with Crippen molar-refractivity contribution in [2.45, 2.75) is 26.7 Å². The Hall–Kier alpha value is -1.85. The van der Waals surface area contributed by atoms with Crippen LogP contribution in [0.2, 0.25) is 0 Å². The molecule has 23 heavy (non-hydrogen) atoms. The van der Waals surface area contributed by atoms with Gasteiger partial charge in [-0.2, -0.15) is 0 Å². The van der Waals surface area contributed by atoms with Gasteiger partial charge in [0.25, 0.3) is 0 Å². The number of carbonyl (C=O) groups is 1. The van der Waals surface area contributed by atoms with E-state index in [9.17, 15) is 9.90 Å². The Balaban J connectivity index is 1.79. The Morgan fingerprint density at radius 3 is 2.70 bits per heavy atom. The van der Waals surface area contributed by atoms with Crippen LogP contribution in [0.1, 0.15) is 33.6 Å². The molecule has 1 aromatic heterocycles. The van der Waals surface area contributed by atoms with E-state index in [1.807, 2.05) is 19.9 Å². The zero-order valence-corrected chi connectivity index (χ0v) is 13.9. The Kier molecular flexibility index (Phi) is 4.68. The maximum atomic E-state index is 11.5. The summed E-state index contributed by atoms with van der Waals surface area (Å²) in [6, 6.07) is 3.97. The van der Waals surface area contributed by atoms with Crippen molar-refractivity contribution >= 4 is 16.9 Å². The number of carboxylic acids is 1. The third-order valence-electron chi connectivity index (χ3n) is 4.83. The number of carboxylic acid groups (broad SMARTS) is 1. The molecule has 0 amide bonds. The molecule has 5 nitrogen and oxygen atoms in total. The number of benzene rings is 1. The average molecular weight is 315 g/mol. The van der Waals surface area contributed by atoms with E-state index in [1.54, 1.807) is 0 Å². The summed E-state index contributed by atoms with van der Waals surface area (Å²) in [4.78, 5) is 17.3. The summed E-state index contributed by atoms with van der Waals surface area (Å²) < 4.78 is 0. The number of H-pyrrole nitrogens is 1. The predicted octanol–water partition coefficient (Wildman–Crippen LogP) is 2.32. The standard InChI is InChI=1S/C18H25N3O2/c1-12-5-6-15-14(4-3-9-21-10-7-19-8-11-21)13(2)20-17(15)16(12)18(22)23/h5-6,19-20H,3-4,7-11H2,1-2H3,(H,22,23). The van der Waals surface area contributed by atoms with Crippen molar-refractivity contribution < 1.29 is 9.90 Å². The van der Waals surface area contributed by atoms with Crippen molar-refractivity contribution in [2.24, 2.45) is 0 Å². The van der Waals surface area contributed by atoms with E-state index in [1.165, 1.54) is 5.56 Å².